The van der Waals surface area contributed by atoms with Crippen molar-refractivity contribution in [2.45, 2.75) is 25.3 Å². The van der Waals surface area contributed by atoms with E-state index in [9.17, 15) is 14.7 Å². The van der Waals surface area contributed by atoms with E-state index in [0.717, 1.165) is 12.8 Å². The fourth-order valence-corrected chi connectivity index (χ4v) is 1.53. The molecule has 2 amide bonds. The Labute approximate surface area is 104 Å². The Bertz CT molecular complexity index is 509. The Hall–Kier alpha value is -2.24. The summed E-state index contributed by atoms with van der Waals surface area (Å²) in [7, 11) is 0. The number of aromatic carboxylic acids is 1. The van der Waals surface area contributed by atoms with Crippen LogP contribution in [0.5, 0.6) is 5.75 Å². The lowest BCUT2D eigenvalue weighted by Gasteiger charge is -2.13. The summed E-state index contributed by atoms with van der Waals surface area (Å²) >= 11 is 0. The average molecular weight is 250 g/mol. The smallest absolute Gasteiger partial charge is 0.339 e. The van der Waals surface area contributed by atoms with Crippen LogP contribution in [-0.4, -0.2) is 27.8 Å². The van der Waals surface area contributed by atoms with Gasteiger partial charge in [0, 0.05) is 11.2 Å². The van der Waals surface area contributed by atoms with Crippen molar-refractivity contribution in [2.75, 3.05) is 5.32 Å². The number of nitrogens with one attached hydrogen (secondary N) is 2. The van der Waals surface area contributed by atoms with E-state index in [1.54, 1.807) is 0 Å². The first-order valence-electron chi connectivity index (χ1n) is 5.55. The summed E-state index contributed by atoms with van der Waals surface area (Å²) in [6, 6.07) is 3.51. The number of benzene rings is 1. The average Bonchev–Trinajstić information content (AvgIpc) is 2.98. The summed E-state index contributed by atoms with van der Waals surface area (Å²) in [5.74, 6) is -1.58. The van der Waals surface area contributed by atoms with Gasteiger partial charge in [0.05, 0.1) is 0 Å². The number of carboxylic acids is 1. The minimum atomic E-state index is -1.24. The quantitative estimate of drug-likeness (QED) is 0.614. The Balaban J connectivity index is 2.07. The van der Waals surface area contributed by atoms with Gasteiger partial charge in [-0.3, -0.25) is 0 Å². The normalized spacial score (nSPS) is 15.8. The first-order chi connectivity index (χ1) is 8.39. The van der Waals surface area contributed by atoms with Crippen LogP contribution in [0.15, 0.2) is 18.2 Å². The lowest BCUT2D eigenvalue weighted by atomic mass is 10.2. The highest BCUT2D eigenvalue weighted by Crippen LogP contribution is 2.34. The van der Waals surface area contributed by atoms with E-state index in [0.29, 0.717) is 5.69 Å². The second kappa shape index (κ2) is 4.21. The zero-order valence-electron chi connectivity index (χ0n) is 9.86. The van der Waals surface area contributed by atoms with Gasteiger partial charge in [-0.05, 0) is 38.0 Å². The molecule has 0 aromatic heterocycles. The van der Waals surface area contributed by atoms with Crippen LogP contribution in [-0.2, 0) is 0 Å². The number of hydrogen-bond acceptors (Lipinski definition) is 3. The lowest BCUT2D eigenvalue weighted by Crippen LogP contribution is -2.37. The number of rotatable bonds is 3. The second-order valence-corrected chi connectivity index (χ2v) is 4.68. The van der Waals surface area contributed by atoms with Crippen LogP contribution < -0.4 is 10.6 Å². The Morgan fingerprint density at radius 3 is 2.56 bits per heavy atom. The van der Waals surface area contributed by atoms with Crippen molar-refractivity contribution >= 4 is 17.7 Å². The van der Waals surface area contributed by atoms with E-state index in [1.807, 2.05) is 6.92 Å². The van der Waals surface area contributed by atoms with Crippen LogP contribution in [0.1, 0.15) is 30.1 Å². The molecule has 4 N–H and O–H groups in total. The number of hydrogen-bond donors (Lipinski definition) is 4. The molecule has 1 aliphatic rings. The summed E-state index contributed by atoms with van der Waals surface area (Å²) in [6.45, 7) is 1.94. The third-order valence-electron chi connectivity index (χ3n) is 2.90. The minimum absolute atomic E-state index is 0.142. The topological polar surface area (TPSA) is 98.7 Å². The lowest BCUT2D eigenvalue weighted by molar-refractivity contribution is 0.0693. The zero-order valence-corrected chi connectivity index (χ0v) is 9.86. The Kier molecular flexibility index (Phi) is 2.86. The monoisotopic (exact) mass is 250 g/mol. The standard InChI is InChI=1S/C12H14N2O4/c1-12(4-5-12)14-11(18)13-7-2-3-9(15)8(6-7)10(16)17/h2-3,6,15H,4-5H2,1H3,(H,16,17)(H2,13,14,18). The van der Waals surface area contributed by atoms with E-state index in [1.165, 1.54) is 18.2 Å². The van der Waals surface area contributed by atoms with Crippen molar-refractivity contribution in [1.29, 1.82) is 0 Å². The predicted octanol–water partition coefficient (Wildman–Crippen LogP) is 1.76. The second-order valence-electron chi connectivity index (χ2n) is 4.68. The van der Waals surface area contributed by atoms with Crippen LogP contribution in [0.2, 0.25) is 0 Å². The van der Waals surface area contributed by atoms with Gasteiger partial charge in [0.1, 0.15) is 11.3 Å². The molecule has 18 heavy (non-hydrogen) atoms. The first-order valence-corrected chi connectivity index (χ1v) is 5.55. The third-order valence-corrected chi connectivity index (χ3v) is 2.90. The number of anilines is 1. The van der Waals surface area contributed by atoms with Crippen molar-refractivity contribution in [3.8, 4) is 5.75 Å². The molecule has 0 heterocycles. The molecule has 0 bridgehead atoms. The van der Waals surface area contributed by atoms with E-state index < -0.39 is 5.97 Å². The predicted molar refractivity (Wildman–Crippen MR) is 64.9 cm³/mol. The molecule has 0 radical (unpaired) electrons. The third kappa shape index (κ3) is 2.71. The summed E-state index contributed by atoms with van der Waals surface area (Å²) in [5.41, 5.74) is -0.0613. The van der Waals surface area contributed by atoms with E-state index in [2.05, 4.69) is 10.6 Å². The van der Waals surface area contributed by atoms with E-state index in [-0.39, 0.29) is 22.9 Å². The van der Waals surface area contributed by atoms with Crippen LogP contribution in [0.3, 0.4) is 0 Å². The number of carboxylic acid groups (broad SMARTS) is 1. The SMILES string of the molecule is CC1(NC(=O)Nc2ccc(O)c(C(=O)O)c2)CC1. The zero-order chi connectivity index (χ0) is 13.3. The molecule has 0 unspecified atom stereocenters. The van der Waals surface area contributed by atoms with Crippen LogP contribution in [0.25, 0.3) is 0 Å². The number of phenols is 1. The van der Waals surface area contributed by atoms with Gasteiger partial charge in [-0.2, -0.15) is 0 Å². The van der Waals surface area contributed by atoms with Gasteiger partial charge in [-0.25, -0.2) is 9.59 Å². The Morgan fingerprint density at radius 2 is 2.00 bits per heavy atom. The highest BCUT2D eigenvalue weighted by molar-refractivity contribution is 5.95. The van der Waals surface area contributed by atoms with Crippen molar-refractivity contribution in [3.63, 3.8) is 0 Å². The highest BCUT2D eigenvalue weighted by atomic mass is 16.4. The number of carbonyl (C=O) groups excluding carboxylic acids is 1. The highest BCUT2D eigenvalue weighted by Gasteiger charge is 2.38. The molecule has 1 saturated carbocycles. The molecule has 6 nitrogen and oxygen atoms in total. The number of aromatic hydroxyl groups is 1. The molecule has 0 atom stereocenters. The minimum Gasteiger partial charge on any atom is -0.507 e. The van der Waals surface area contributed by atoms with Gasteiger partial charge in [0.2, 0.25) is 0 Å². The first kappa shape index (κ1) is 12.2. The maximum atomic E-state index is 11.6. The van der Waals surface area contributed by atoms with Gasteiger partial charge in [0.25, 0.3) is 0 Å². The summed E-state index contributed by atoms with van der Waals surface area (Å²) in [4.78, 5) is 22.4. The molecule has 6 heteroatoms. The summed E-state index contributed by atoms with van der Waals surface area (Å²) in [5, 5.41) is 23.5. The molecule has 0 saturated heterocycles. The Morgan fingerprint density at radius 1 is 1.33 bits per heavy atom. The molecule has 96 valence electrons. The van der Waals surface area contributed by atoms with Gasteiger partial charge < -0.3 is 20.8 Å². The molecule has 0 spiro atoms. The molecular formula is C12H14N2O4. The molecule has 2 rings (SSSR count). The molecule has 1 aromatic carbocycles. The molecule has 1 fully saturated rings. The molecule has 0 aliphatic heterocycles. The van der Waals surface area contributed by atoms with Crippen LogP contribution in [0, 0.1) is 0 Å². The maximum absolute atomic E-state index is 11.6. The van der Waals surface area contributed by atoms with Gasteiger partial charge in [-0.15, -0.1) is 0 Å². The van der Waals surface area contributed by atoms with Crippen molar-refractivity contribution in [3.05, 3.63) is 23.8 Å². The van der Waals surface area contributed by atoms with Crippen molar-refractivity contribution < 1.29 is 19.8 Å². The maximum Gasteiger partial charge on any atom is 0.339 e. The van der Waals surface area contributed by atoms with Crippen molar-refractivity contribution in [1.82, 2.24) is 5.32 Å². The van der Waals surface area contributed by atoms with E-state index in [4.69, 9.17) is 5.11 Å². The van der Waals surface area contributed by atoms with Crippen LogP contribution >= 0.6 is 0 Å². The fourth-order valence-electron chi connectivity index (χ4n) is 1.53. The summed E-state index contributed by atoms with van der Waals surface area (Å²) in [6.07, 6.45) is 1.88. The fraction of sp³-hybridized carbons (Fsp3) is 0.333. The molecular weight excluding hydrogens is 236 g/mol. The van der Waals surface area contributed by atoms with Gasteiger partial charge in [0.15, 0.2) is 0 Å². The number of carbonyl (C=O) groups is 2. The number of amides is 2. The number of urea groups is 1. The van der Waals surface area contributed by atoms with Crippen molar-refractivity contribution in [2.24, 2.45) is 0 Å². The largest absolute Gasteiger partial charge is 0.507 e. The molecule has 1 aliphatic carbocycles. The van der Waals surface area contributed by atoms with Crippen LogP contribution in [0.4, 0.5) is 10.5 Å². The van der Waals surface area contributed by atoms with Gasteiger partial charge >= 0.3 is 12.0 Å². The summed E-state index contributed by atoms with van der Waals surface area (Å²) < 4.78 is 0. The van der Waals surface area contributed by atoms with Gasteiger partial charge in [-0.1, -0.05) is 0 Å². The molecule has 1 aromatic rings. The van der Waals surface area contributed by atoms with E-state index >= 15 is 0 Å².